The number of nitrogens with zero attached hydrogens (tertiary/aromatic N) is 2. The molecule has 1 heterocycles. The number of hydrogen-bond donors (Lipinski definition) is 2. The Morgan fingerprint density at radius 2 is 1.50 bits per heavy atom. The Balaban J connectivity index is 0.000000327. The molecule has 2 atom stereocenters. The zero-order valence-corrected chi connectivity index (χ0v) is 31.8. The molecule has 0 radical (unpaired) electrons. The Labute approximate surface area is 302 Å². The van der Waals surface area contributed by atoms with Gasteiger partial charge in [-0.3, -0.25) is 0 Å². The molecule has 3 aromatic rings. The van der Waals surface area contributed by atoms with E-state index in [2.05, 4.69) is 62.2 Å². The lowest BCUT2D eigenvalue weighted by Crippen LogP contribution is -2.32. The Morgan fingerprint density at radius 3 is 2.15 bits per heavy atom. The quantitative estimate of drug-likeness (QED) is 0.113. The third-order valence-corrected chi connectivity index (χ3v) is 10.1. The van der Waals surface area contributed by atoms with Crippen LogP contribution in [0.1, 0.15) is 89.9 Å². The predicted octanol–water partition coefficient (Wildman–Crippen LogP) is 11.2. The van der Waals surface area contributed by atoms with Crippen molar-refractivity contribution in [1.29, 1.82) is 0 Å². The maximum Gasteiger partial charge on any atom is 0.416 e. The van der Waals surface area contributed by atoms with Crippen molar-refractivity contribution in [2.45, 2.75) is 111 Å². The van der Waals surface area contributed by atoms with E-state index in [9.17, 15) is 18.3 Å². The summed E-state index contributed by atoms with van der Waals surface area (Å²) in [6, 6.07) is 20.3. The molecule has 0 fully saturated rings. The summed E-state index contributed by atoms with van der Waals surface area (Å²) in [5.74, 6) is 0. The van der Waals surface area contributed by atoms with Crippen LogP contribution in [0.2, 0.25) is 0 Å². The first-order valence-electron chi connectivity index (χ1n) is 17.0. The minimum absolute atomic E-state index is 0. The fourth-order valence-corrected chi connectivity index (χ4v) is 7.36. The maximum atomic E-state index is 13.1. The molecule has 0 aromatic heterocycles. The summed E-state index contributed by atoms with van der Waals surface area (Å²) < 4.78 is 39.3. The number of unbranched alkanes of at least 4 members (excludes halogenated alkanes) is 5. The second-order valence-corrected chi connectivity index (χ2v) is 15.5. The van der Waals surface area contributed by atoms with Crippen molar-refractivity contribution < 1.29 is 18.3 Å². The molecule has 2 N–H and O–H groups in total. The average Bonchev–Trinajstić information content (AvgIpc) is 3.03. The van der Waals surface area contributed by atoms with Gasteiger partial charge in [0.25, 0.3) is 0 Å². The highest BCUT2D eigenvalue weighted by Crippen LogP contribution is 2.49. The zero-order chi connectivity index (χ0) is 34.4. The number of nitrogens with one attached hydrogen (secondary N) is 1. The van der Waals surface area contributed by atoms with E-state index in [1.807, 2.05) is 55.0 Å². The first-order valence-corrected chi connectivity index (χ1v) is 18.7. The van der Waals surface area contributed by atoms with E-state index in [1.165, 1.54) is 61.2 Å². The number of alkyl halides is 3. The molecule has 4 nitrogen and oxygen atoms in total. The van der Waals surface area contributed by atoms with E-state index in [0.717, 1.165) is 46.6 Å². The molecule has 3 aromatic carbocycles. The number of para-hydroxylation sites is 1. The van der Waals surface area contributed by atoms with Crippen molar-refractivity contribution in [3.8, 4) is 0 Å². The topological polar surface area (TPSA) is 38.7 Å². The predicted molar refractivity (Wildman–Crippen MR) is 203 cm³/mol. The lowest BCUT2D eigenvalue weighted by molar-refractivity contribution is -0.137. The standard InChI is InChI=1S/C20H35NOS.C18H19F3N2S.ClH/c1-5-6-7-8-9-10-15-21-17(4)20(22)18-11-13-19(14-12-18)23-16(2)3;1-22(2)10-5-11-23-14-6-3-4-7-16(14)24-17-9-8-13(12-15(17)23)18(19,20)21;/h11-14,16-17,20-22H,5-10,15H2,1-4H3;3-4,6-9,12H,5,10-11H2,1-2H3;1H. The number of anilines is 2. The molecule has 2 unspecified atom stereocenters. The summed E-state index contributed by atoms with van der Waals surface area (Å²) in [5.41, 5.74) is 2.03. The van der Waals surface area contributed by atoms with Crippen LogP contribution in [0.15, 0.2) is 81.4 Å². The first-order chi connectivity index (χ1) is 22.4. The fraction of sp³-hybridized carbons (Fsp3) is 0.526. The second kappa shape index (κ2) is 21.4. The van der Waals surface area contributed by atoms with Gasteiger partial charge < -0.3 is 20.2 Å². The molecule has 268 valence electrons. The van der Waals surface area contributed by atoms with Gasteiger partial charge in [-0.1, -0.05) is 88.9 Å². The lowest BCUT2D eigenvalue weighted by Gasteiger charge is -2.33. The molecule has 10 heteroatoms. The Morgan fingerprint density at radius 1 is 0.854 bits per heavy atom. The van der Waals surface area contributed by atoms with Gasteiger partial charge in [-0.05, 0) is 95.0 Å². The van der Waals surface area contributed by atoms with Crippen LogP contribution >= 0.6 is 35.9 Å². The van der Waals surface area contributed by atoms with Gasteiger partial charge in [0.2, 0.25) is 0 Å². The molecule has 1 aliphatic heterocycles. The minimum Gasteiger partial charge on any atom is -0.387 e. The van der Waals surface area contributed by atoms with Crippen LogP contribution in [0.4, 0.5) is 24.5 Å². The van der Waals surface area contributed by atoms with Crippen LogP contribution in [-0.2, 0) is 6.18 Å². The largest absolute Gasteiger partial charge is 0.416 e. The van der Waals surface area contributed by atoms with Gasteiger partial charge in [0.05, 0.1) is 23.0 Å². The van der Waals surface area contributed by atoms with Gasteiger partial charge in [-0.25, -0.2) is 0 Å². The lowest BCUT2D eigenvalue weighted by atomic mass is 10.0. The molecular weight excluding hydrogens is 671 g/mol. The summed E-state index contributed by atoms with van der Waals surface area (Å²) in [6.45, 7) is 11.3. The molecule has 48 heavy (non-hydrogen) atoms. The molecule has 4 rings (SSSR count). The number of hydrogen-bond acceptors (Lipinski definition) is 6. The first kappa shape index (κ1) is 42.3. The highest BCUT2D eigenvalue weighted by molar-refractivity contribution is 8.00. The molecule has 1 aliphatic rings. The van der Waals surface area contributed by atoms with Gasteiger partial charge >= 0.3 is 6.18 Å². The molecule has 0 spiro atoms. The monoisotopic (exact) mass is 725 g/mol. The summed E-state index contributed by atoms with van der Waals surface area (Å²) in [7, 11) is 3.99. The number of thioether (sulfide) groups is 1. The SMILES string of the molecule is CCCCCCCCNC(C)C(O)c1ccc(SC(C)C)cc1.CN(C)CCCN1c2ccccc2Sc2ccc(C(F)(F)F)cc21.Cl. The minimum atomic E-state index is -4.33. The highest BCUT2D eigenvalue weighted by Gasteiger charge is 2.33. The van der Waals surface area contributed by atoms with Crippen molar-refractivity contribution in [3.63, 3.8) is 0 Å². The number of benzene rings is 3. The van der Waals surface area contributed by atoms with E-state index >= 15 is 0 Å². The second-order valence-electron chi connectivity index (χ2n) is 12.7. The smallest absolute Gasteiger partial charge is 0.387 e. The maximum absolute atomic E-state index is 13.1. The van der Waals surface area contributed by atoms with E-state index in [-0.39, 0.29) is 18.4 Å². The Bertz CT molecular complexity index is 1340. The molecular formula is C38H55ClF3N3OS2. The normalized spacial score (nSPS) is 13.7. The number of fused-ring (bicyclic) bond motifs is 2. The average molecular weight is 726 g/mol. The van der Waals surface area contributed by atoms with Gasteiger partial charge in [-0.15, -0.1) is 24.2 Å². The van der Waals surface area contributed by atoms with Crippen molar-refractivity contribution in [1.82, 2.24) is 10.2 Å². The summed E-state index contributed by atoms with van der Waals surface area (Å²) in [4.78, 5) is 7.31. The third kappa shape index (κ3) is 13.8. The van der Waals surface area contributed by atoms with Crippen LogP contribution in [0.3, 0.4) is 0 Å². The van der Waals surface area contributed by atoms with Crippen LogP contribution in [0, 0.1) is 0 Å². The molecule has 0 bridgehead atoms. The number of rotatable bonds is 16. The van der Waals surface area contributed by atoms with Crippen molar-refractivity contribution in [2.75, 3.05) is 38.6 Å². The Hall–Kier alpha value is -1.88. The van der Waals surface area contributed by atoms with E-state index < -0.39 is 17.8 Å². The van der Waals surface area contributed by atoms with Crippen molar-refractivity contribution >= 4 is 47.3 Å². The van der Waals surface area contributed by atoms with Crippen molar-refractivity contribution in [3.05, 3.63) is 77.9 Å². The van der Waals surface area contributed by atoms with Crippen LogP contribution < -0.4 is 10.2 Å². The summed E-state index contributed by atoms with van der Waals surface area (Å²) >= 11 is 3.38. The van der Waals surface area contributed by atoms with Gasteiger partial charge in [0.1, 0.15) is 0 Å². The molecule has 0 aliphatic carbocycles. The zero-order valence-electron chi connectivity index (χ0n) is 29.4. The van der Waals surface area contributed by atoms with E-state index in [0.29, 0.717) is 17.5 Å². The fourth-order valence-electron chi connectivity index (χ4n) is 5.44. The molecule has 0 amide bonds. The van der Waals surface area contributed by atoms with E-state index in [1.54, 1.807) is 6.07 Å². The van der Waals surface area contributed by atoms with Gasteiger partial charge in [-0.2, -0.15) is 13.2 Å². The van der Waals surface area contributed by atoms with Crippen molar-refractivity contribution in [2.24, 2.45) is 0 Å². The Kier molecular flexibility index (Phi) is 18.8. The molecule has 0 saturated carbocycles. The summed E-state index contributed by atoms with van der Waals surface area (Å²) in [5, 5.41) is 14.5. The third-order valence-electron chi connectivity index (χ3n) is 8.00. The van der Waals surface area contributed by atoms with Gasteiger partial charge in [0, 0.05) is 32.5 Å². The van der Waals surface area contributed by atoms with Crippen LogP contribution in [0.25, 0.3) is 0 Å². The highest BCUT2D eigenvalue weighted by atomic mass is 35.5. The van der Waals surface area contributed by atoms with E-state index in [4.69, 9.17) is 0 Å². The van der Waals surface area contributed by atoms with Crippen LogP contribution in [0.5, 0.6) is 0 Å². The van der Waals surface area contributed by atoms with Gasteiger partial charge in [0.15, 0.2) is 0 Å². The van der Waals surface area contributed by atoms with Crippen LogP contribution in [-0.4, -0.2) is 55.0 Å². The number of aliphatic hydroxyl groups excluding tert-OH is 1. The number of aliphatic hydroxyl groups is 1. The number of halogens is 4. The molecule has 0 saturated heterocycles. The summed E-state index contributed by atoms with van der Waals surface area (Å²) in [6.07, 6.45) is 3.95.